The van der Waals surface area contributed by atoms with Gasteiger partial charge in [-0.2, -0.15) is 0 Å². The normalized spacial score (nSPS) is 13.6. The van der Waals surface area contributed by atoms with E-state index in [9.17, 15) is 8.42 Å². The van der Waals surface area contributed by atoms with E-state index >= 15 is 0 Å². The predicted octanol–water partition coefficient (Wildman–Crippen LogP) is 1.48. The van der Waals surface area contributed by atoms with Crippen molar-refractivity contribution in [3.63, 3.8) is 0 Å². The van der Waals surface area contributed by atoms with Crippen molar-refractivity contribution in [3.8, 4) is 0 Å². The Hall–Kier alpha value is -0.940. The minimum absolute atomic E-state index is 0.0101. The highest BCUT2D eigenvalue weighted by atomic mass is 32.2. The number of rotatable bonds is 6. The molecule has 0 radical (unpaired) electrons. The fraction of sp³-hybridized carbons (Fsp3) is 0.583. The lowest BCUT2D eigenvalue weighted by molar-refractivity contribution is 0.516. The number of nitrogens with zero attached hydrogens (tertiary/aromatic N) is 1. The first-order chi connectivity index (χ1) is 7.94. The van der Waals surface area contributed by atoms with Crippen LogP contribution in [0, 0.1) is 6.92 Å². The van der Waals surface area contributed by atoms with Gasteiger partial charge in [0.05, 0.1) is 17.5 Å². The lowest BCUT2D eigenvalue weighted by Crippen LogP contribution is -2.25. The molecule has 0 saturated carbocycles. The van der Waals surface area contributed by atoms with Crippen LogP contribution in [0.1, 0.15) is 30.6 Å². The Morgan fingerprint density at radius 3 is 2.71 bits per heavy atom. The lowest BCUT2D eigenvalue weighted by atomic mass is 10.1. The first kappa shape index (κ1) is 14.1. The van der Waals surface area contributed by atoms with E-state index in [1.807, 2.05) is 26.0 Å². The van der Waals surface area contributed by atoms with E-state index in [0.717, 1.165) is 17.8 Å². The van der Waals surface area contributed by atoms with Crippen LogP contribution >= 0.6 is 0 Å². The smallest absolute Gasteiger partial charge is 0.147 e. The summed E-state index contributed by atoms with van der Waals surface area (Å²) in [5.74, 6) is 0.181. The summed E-state index contributed by atoms with van der Waals surface area (Å²) in [4.78, 5) is 4.34. The number of hydrogen-bond acceptors (Lipinski definition) is 4. The number of hydrogen-bond donors (Lipinski definition) is 1. The van der Waals surface area contributed by atoms with Gasteiger partial charge in [0, 0.05) is 12.5 Å². The average Bonchev–Trinajstić information content (AvgIpc) is 2.24. The molecule has 0 fully saturated rings. The van der Waals surface area contributed by atoms with Crippen molar-refractivity contribution in [2.75, 3.05) is 18.6 Å². The van der Waals surface area contributed by atoms with E-state index in [1.54, 1.807) is 6.20 Å². The molecular formula is C12H20N2O2S. The summed E-state index contributed by atoms with van der Waals surface area (Å²) in [6.45, 7) is 4.79. The highest BCUT2D eigenvalue weighted by Gasteiger charge is 2.16. The minimum Gasteiger partial charge on any atom is -0.309 e. The Balaban J connectivity index is 2.82. The summed E-state index contributed by atoms with van der Waals surface area (Å²) < 4.78 is 22.4. The largest absolute Gasteiger partial charge is 0.309 e. The van der Waals surface area contributed by atoms with Gasteiger partial charge in [0.2, 0.25) is 0 Å². The van der Waals surface area contributed by atoms with E-state index in [4.69, 9.17) is 0 Å². The number of sulfone groups is 1. The Labute approximate surface area is 103 Å². The van der Waals surface area contributed by atoms with Crippen molar-refractivity contribution < 1.29 is 8.42 Å². The zero-order valence-corrected chi connectivity index (χ0v) is 11.4. The molecule has 0 bridgehead atoms. The quantitative estimate of drug-likeness (QED) is 0.837. The number of aromatic nitrogens is 1. The maximum absolute atomic E-state index is 11.2. The molecule has 0 saturated heterocycles. The molecule has 0 aromatic carbocycles. The van der Waals surface area contributed by atoms with Crippen LogP contribution in [0.25, 0.3) is 0 Å². The van der Waals surface area contributed by atoms with Crippen molar-refractivity contribution in [2.24, 2.45) is 0 Å². The molecular weight excluding hydrogens is 236 g/mol. The van der Waals surface area contributed by atoms with Crippen molar-refractivity contribution in [1.82, 2.24) is 10.3 Å². The number of nitrogens with one attached hydrogen (secondary N) is 1. The average molecular weight is 256 g/mol. The van der Waals surface area contributed by atoms with Crippen LogP contribution in [-0.4, -0.2) is 32.0 Å². The van der Waals surface area contributed by atoms with Crippen LogP contribution in [0.5, 0.6) is 0 Å². The molecule has 1 heterocycles. The number of pyridine rings is 1. The molecule has 0 aliphatic rings. The highest BCUT2D eigenvalue weighted by Crippen LogP contribution is 2.18. The molecule has 4 nitrogen and oxygen atoms in total. The second-order valence-corrected chi connectivity index (χ2v) is 6.49. The standard InChI is InChI=1S/C12H20N2O2S/c1-4-13-11(7-9-17(3,15)16)12-10(2)6-5-8-14-12/h5-6,8,11,13H,4,7,9H2,1-3H3. The van der Waals surface area contributed by atoms with Gasteiger partial charge in [0.15, 0.2) is 0 Å². The summed E-state index contributed by atoms with van der Waals surface area (Å²) in [5, 5.41) is 3.29. The van der Waals surface area contributed by atoms with Gasteiger partial charge in [-0.1, -0.05) is 13.0 Å². The molecule has 1 aromatic heterocycles. The second kappa shape index (κ2) is 6.12. The third-order valence-corrected chi connectivity index (χ3v) is 3.59. The topological polar surface area (TPSA) is 59.1 Å². The van der Waals surface area contributed by atoms with Crippen molar-refractivity contribution in [1.29, 1.82) is 0 Å². The van der Waals surface area contributed by atoms with Gasteiger partial charge in [-0.15, -0.1) is 0 Å². The monoisotopic (exact) mass is 256 g/mol. The molecule has 0 amide bonds. The van der Waals surface area contributed by atoms with Crippen LogP contribution in [0.4, 0.5) is 0 Å². The minimum atomic E-state index is -2.93. The predicted molar refractivity (Wildman–Crippen MR) is 69.7 cm³/mol. The fourth-order valence-corrected chi connectivity index (χ4v) is 2.44. The third-order valence-electron chi connectivity index (χ3n) is 2.61. The maximum Gasteiger partial charge on any atom is 0.147 e. The zero-order valence-electron chi connectivity index (χ0n) is 10.6. The first-order valence-corrected chi connectivity index (χ1v) is 7.82. The van der Waals surface area contributed by atoms with Gasteiger partial charge in [-0.05, 0) is 31.5 Å². The van der Waals surface area contributed by atoms with Gasteiger partial charge in [0.1, 0.15) is 9.84 Å². The molecule has 1 rings (SSSR count). The van der Waals surface area contributed by atoms with Gasteiger partial charge in [0.25, 0.3) is 0 Å². The van der Waals surface area contributed by atoms with Crippen LogP contribution in [0.15, 0.2) is 18.3 Å². The summed E-state index contributed by atoms with van der Waals surface area (Å²) in [5.41, 5.74) is 2.03. The van der Waals surface area contributed by atoms with Gasteiger partial charge >= 0.3 is 0 Å². The van der Waals surface area contributed by atoms with Gasteiger partial charge in [-0.3, -0.25) is 4.98 Å². The Bertz CT molecular complexity index is 457. The molecule has 0 aliphatic carbocycles. The summed E-state index contributed by atoms with van der Waals surface area (Å²) in [6, 6.07) is 3.89. The zero-order chi connectivity index (χ0) is 12.9. The SMILES string of the molecule is CCNC(CCS(C)(=O)=O)c1ncccc1C. The second-order valence-electron chi connectivity index (χ2n) is 4.23. The van der Waals surface area contributed by atoms with Crippen LogP contribution < -0.4 is 5.32 Å². The molecule has 1 aromatic rings. The summed E-state index contributed by atoms with van der Waals surface area (Å²) in [6.07, 6.45) is 3.57. The van der Waals surface area contributed by atoms with Crippen molar-refractivity contribution >= 4 is 9.84 Å². The van der Waals surface area contributed by atoms with E-state index in [2.05, 4.69) is 10.3 Å². The molecule has 1 unspecified atom stereocenters. The van der Waals surface area contributed by atoms with Crippen LogP contribution in [0.2, 0.25) is 0 Å². The van der Waals surface area contributed by atoms with Crippen molar-refractivity contribution in [2.45, 2.75) is 26.3 Å². The Kier molecular flexibility index (Phi) is 5.08. The molecule has 1 N–H and O–H groups in total. The molecule has 5 heteroatoms. The van der Waals surface area contributed by atoms with E-state index in [1.165, 1.54) is 6.26 Å². The molecule has 0 aliphatic heterocycles. The first-order valence-electron chi connectivity index (χ1n) is 5.76. The Morgan fingerprint density at radius 1 is 1.47 bits per heavy atom. The Morgan fingerprint density at radius 2 is 2.18 bits per heavy atom. The maximum atomic E-state index is 11.2. The molecule has 17 heavy (non-hydrogen) atoms. The summed E-state index contributed by atoms with van der Waals surface area (Å²) >= 11 is 0. The number of aryl methyl sites for hydroxylation is 1. The molecule has 96 valence electrons. The highest BCUT2D eigenvalue weighted by molar-refractivity contribution is 7.90. The van der Waals surface area contributed by atoms with E-state index in [0.29, 0.717) is 6.42 Å². The van der Waals surface area contributed by atoms with E-state index in [-0.39, 0.29) is 11.8 Å². The van der Waals surface area contributed by atoms with Gasteiger partial charge < -0.3 is 5.32 Å². The molecule has 0 spiro atoms. The van der Waals surface area contributed by atoms with Gasteiger partial charge in [-0.25, -0.2) is 8.42 Å². The van der Waals surface area contributed by atoms with Crippen molar-refractivity contribution in [3.05, 3.63) is 29.6 Å². The third kappa shape index (κ3) is 4.83. The van der Waals surface area contributed by atoms with Crippen LogP contribution in [0.3, 0.4) is 0 Å². The fourth-order valence-electron chi connectivity index (χ4n) is 1.78. The lowest BCUT2D eigenvalue weighted by Gasteiger charge is -2.18. The van der Waals surface area contributed by atoms with Crippen LogP contribution in [-0.2, 0) is 9.84 Å². The van der Waals surface area contributed by atoms with E-state index < -0.39 is 9.84 Å². The summed E-state index contributed by atoms with van der Waals surface area (Å²) in [7, 11) is -2.93. The molecule has 1 atom stereocenters.